The molecule has 1 heterocycles. The smallest absolute Gasteiger partial charge is 0.286 e. The Kier molecular flexibility index (Phi) is 7.49. The molecule has 2 rings (SSSR count). The Bertz CT molecular complexity index is 701. The standard InChI is InChI=1S/C17H20ClNO4S/c1-2-22-11-5-10-19-17(20)15-9-8-13(23-15)12-24(21)16-7-4-3-6-14(16)18/h3-4,6-9H,2,5,10-12H2,1H3,(H,19,20)/t24-/m0/s1. The zero-order chi connectivity index (χ0) is 17.4. The number of nitrogens with one attached hydrogen (secondary N) is 1. The molecule has 0 saturated heterocycles. The molecular formula is C17H20ClNO4S. The number of amides is 1. The first kappa shape index (κ1) is 18.7. The van der Waals surface area contributed by atoms with E-state index in [0.29, 0.717) is 35.4 Å². The van der Waals surface area contributed by atoms with E-state index >= 15 is 0 Å². The van der Waals surface area contributed by atoms with Crippen molar-refractivity contribution in [3.8, 4) is 0 Å². The second-order valence-corrected chi connectivity index (χ2v) is 6.82. The molecule has 0 fully saturated rings. The highest BCUT2D eigenvalue weighted by Crippen LogP contribution is 2.22. The first-order chi connectivity index (χ1) is 11.6. The monoisotopic (exact) mass is 369 g/mol. The topological polar surface area (TPSA) is 68.5 Å². The minimum absolute atomic E-state index is 0.168. The maximum Gasteiger partial charge on any atom is 0.286 e. The van der Waals surface area contributed by atoms with Crippen LogP contribution in [0.15, 0.2) is 45.7 Å². The van der Waals surface area contributed by atoms with Crippen LogP contribution in [0.2, 0.25) is 5.02 Å². The van der Waals surface area contributed by atoms with Crippen LogP contribution >= 0.6 is 11.6 Å². The minimum Gasteiger partial charge on any atom is -0.455 e. The molecule has 0 aliphatic heterocycles. The van der Waals surface area contributed by atoms with Crippen LogP contribution in [0.25, 0.3) is 0 Å². The zero-order valence-corrected chi connectivity index (χ0v) is 15.0. The molecule has 1 atom stereocenters. The number of hydrogen-bond donors (Lipinski definition) is 1. The number of benzene rings is 1. The summed E-state index contributed by atoms with van der Waals surface area (Å²) < 4.78 is 23.0. The molecule has 5 nitrogen and oxygen atoms in total. The fraction of sp³-hybridized carbons (Fsp3) is 0.353. The third kappa shape index (κ3) is 5.47. The van der Waals surface area contributed by atoms with Gasteiger partial charge in [-0.05, 0) is 37.6 Å². The molecule has 24 heavy (non-hydrogen) atoms. The first-order valence-corrected chi connectivity index (χ1v) is 9.39. The number of carbonyl (C=O) groups is 1. The Morgan fingerprint density at radius 3 is 2.83 bits per heavy atom. The molecule has 0 unspecified atom stereocenters. The summed E-state index contributed by atoms with van der Waals surface area (Å²) in [5.41, 5.74) is 0. The van der Waals surface area contributed by atoms with Crippen molar-refractivity contribution in [3.05, 3.63) is 52.9 Å². The van der Waals surface area contributed by atoms with Crippen molar-refractivity contribution in [1.29, 1.82) is 0 Å². The average Bonchev–Trinajstić information content (AvgIpc) is 3.03. The van der Waals surface area contributed by atoms with Gasteiger partial charge in [0.1, 0.15) is 5.76 Å². The summed E-state index contributed by atoms with van der Waals surface area (Å²) >= 11 is 6.04. The van der Waals surface area contributed by atoms with Crippen LogP contribution in [0, 0.1) is 0 Å². The number of ether oxygens (including phenoxy) is 1. The zero-order valence-electron chi connectivity index (χ0n) is 13.4. The number of halogens is 1. The Hall–Kier alpha value is -1.63. The number of rotatable bonds is 9. The summed E-state index contributed by atoms with van der Waals surface area (Å²) in [5, 5.41) is 3.21. The molecule has 1 N–H and O–H groups in total. The molecule has 7 heteroatoms. The summed E-state index contributed by atoms with van der Waals surface area (Å²) in [4.78, 5) is 12.5. The van der Waals surface area contributed by atoms with Gasteiger partial charge in [-0.2, -0.15) is 0 Å². The van der Waals surface area contributed by atoms with E-state index in [1.54, 1.807) is 36.4 Å². The highest BCUT2D eigenvalue weighted by Gasteiger charge is 2.14. The van der Waals surface area contributed by atoms with Gasteiger partial charge in [-0.15, -0.1) is 0 Å². The third-order valence-corrected chi connectivity index (χ3v) is 5.03. The minimum atomic E-state index is -1.33. The lowest BCUT2D eigenvalue weighted by Gasteiger charge is -2.04. The Balaban J connectivity index is 1.87. The molecule has 0 aliphatic carbocycles. The Morgan fingerprint density at radius 2 is 2.08 bits per heavy atom. The van der Waals surface area contributed by atoms with Gasteiger partial charge in [0.25, 0.3) is 5.91 Å². The molecule has 1 aromatic heterocycles. The molecule has 0 aliphatic rings. The maximum atomic E-state index is 12.3. The number of furan rings is 1. The summed E-state index contributed by atoms with van der Waals surface area (Å²) in [7, 11) is -1.33. The van der Waals surface area contributed by atoms with Crippen molar-refractivity contribution < 1.29 is 18.2 Å². The van der Waals surface area contributed by atoms with Crippen molar-refractivity contribution in [1.82, 2.24) is 5.32 Å². The lowest BCUT2D eigenvalue weighted by molar-refractivity contribution is 0.0915. The Labute approximate surface area is 148 Å². The fourth-order valence-electron chi connectivity index (χ4n) is 2.02. The van der Waals surface area contributed by atoms with Gasteiger partial charge in [-0.1, -0.05) is 23.7 Å². The summed E-state index contributed by atoms with van der Waals surface area (Å²) in [6.07, 6.45) is 0.740. The van der Waals surface area contributed by atoms with Gasteiger partial charge in [0, 0.05) is 19.8 Å². The molecule has 1 amide bonds. The van der Waals surface area contributed by atoms with Gasteiger partial charge in [0.05, 0.1) is 26.5 Å². The molecule has 0 saturated carbocycles. The van der Waals surface area contributed by atoms with Gasteiger partial charge >= 0.3 is 0 Å². The van der Waals surface area contributed by atoms with E-state index in [1.807, 2.05) is 6.92 Å². The van der Waals surface area contributed by atoms with Gasteiger partial charge in [-0.3, -0.25) is 9.00 Å². The van der Waals surface area contributed by atoms with Gasteiger partial charge in [0.15, 0.2) is 5.76 Å². The Morgan fingerprint density at radius 1 is 1.29 bits per heavy atom. The predicted molar refractivity (Wildman–Crippen MR) is 93.7 cm³/mol. The van der Waals surface area contributed by atoms with E-state index in [1.165, 1.54) is 0 Å². The van der Waals surface area contributed by atoms with Crippen LogP contribution in [0.4, 0.5) is 0 Å². The molecule has 2 aromatic rings. The van der Waals surface area contributed by atoms with Crippen molar-refractivity contribution in [2.75, 3.05) is 19.8 Å². The maximum absolute atomic E-state index is 12.3. The first-order valence-electron chi connectivity index (χ1n) is 7.69. The average molecular weight is 370 g/mol. The molecule has 0 spiro atoms. The second-order valence-electron chi connectivity index (χ2n) is 4.99. The largest absolute Gasteiger partial charge is 0.455 e. The van der Waals surface area contributed by atoms with Gasteiger partial charge < -0.3 is 14.5 Å². The molecule has 0 radical (unpaired) electrons. The quantitative estimate of drug-likeness (QED) is 0.688. The van der Waals surface area contributed by atoms with Crippen LogP contribution in [0.1, 0.15) is 29.7 Å². The van der Waals surface area contributed by atoms with E-state index in [-0.39, 0.29) is 17.4 Å². The SMILES string of the molecule is CCOCCCNC(=O)c1ccc(C[S@](=O)c2ccccc2Cl)o1. The van der Waals surface area contributed by atoms with E-state index in [2.05, 4.69) is 5.32 Å². The molecule has 1 aromatic carbocycles. The van der Waals surface area contributed by atoms with Crippen LogP contribution in [-0.2, 0) is 21.3 Å². The number of hydrogen-bond acceptors (Lipinski definition) is 4. The van der Waals surface area contributed by atoms with Crippen molar-refractivity contribution in [2.24, 2.45) is 0 Å². The van der Waals surface area contributed by atoms with Crippen LogP contribution < -0.4 is 5.32 Å². The van der Waals surface area contributed by atoms with Gasteiger partial charge in [0.2, 0.25) is 0 Å². The van der Waals surface area contributed by atoms with Crippen molar-refractivity contribution in [3.63, 3.8) is 0 Å². The summed E-state index contributed by atoms with van der Waals surface area (Å²) in [5.74, 6) is 0.563. The predicted octanol–water partition coefficient (Wildman–Crippen LogP) is 3.40. The highest BCUT2D eigenvalue weighted by molar-refractivity contribution is 7.84. The third-order valence-electron chi connectivity index (χ3n) is 3.20. The van der Waals surface area contributed by atoms with Crippen molar-refractivity contribution >= 4 is 28.3 Å². The second kappa shape index (κ2) is 9.61. The summed E-state index contributed by atoms with van der Waals surface area (Å²) in [6, 6.07) is 10.2. The molecule has 0 bridgehead atoms. The molecule has 130 valence electrons. The normalized spacial score (nSPS) is 12.1. The van der Waals surface area contributed by atoms with E-state index in [9.17, 15) is 9.00 Å². The fourth-order valence-corrected chi connectivity index (χ4v) is 3.50. The summed E-state index contributed by atoms with van der Waals surface area (Å²) in [6.45, 7) is 3.71. The van der Waals surface area contributed by atoms with Crippen LogP contribution in [0.3, 0.4) is 0 Å². The highest BCUT2D eigenvalue weighted by atomic mass is 35.5. The van der Waals surface area contributed by atoms with Crippen LogP contribution in [0.5, 0.6) is 0 Å². The lowest BCUT2D eigenvalue weighted by Crippen LogP contribution is -2.24. The number of carbonyl (C=O) groups excluding carboxylic acids is 1. The lowest BCUT2D eigenvalue weighted by atomic mass is 10.4. The van der Waals surface area contributed by atoms with Crippen LogP contribution in [-0.4, -0.2) is 29.9 Å². The van der Waals surface area contributed by atoms with E-state index in [4.69, 9.17) is 20.8 Å². The molecular weight excluding hydrogens is 350 g/mol. The van der Waals surface area contributed by atoms with Gasteiger partial charge in [-0.25, -0.2) is 0 Å². The van der Waals surface area contributed by atoms with Crippen molar-refractivity contribution in [2.45, 2.75) is 24.0 Å². The van der Waals surface area contributed by atoms with E-state index < -0.39 is 10.8 Å². The van der Waals surface area contributed by atoms with E-state index in [0.717, 1.165) is 6.42 Å².